The van der Waals surface area contributed by atoms with Crippen LogP contribution in [0.15, 0.2) is 62.4 Å². The van der Waals surface area contributed by atoms with Gasteiger partial charge in [-0.1, -0.05) is 24.3 Å². The summed E-state index contributed by atoms with van der Waals surface area (Å²) >= 11 is 0. The Hall–Kier alpha value is -3.08. The first-order chi connectivity index (χ1) is 12.0. The Bertz CT molecular complexity index is 1110. The molecule has 0 unspecified atom stereocenters. The van der Waals surface area contributed by atoms with Gasteiger partial charge in [0, 0.05) is 23.8 Å². The molecule has 0 spiro atoms. The van der Waals surface area contributed by atoms with Crippen LogP contribution >= 0.6 is 0 Å². The van der Waals surface area contributed by atoms with Crippen molar-refractivity contribution in [2.24, 2.45) is 12.0 Å². The fourth-order valence-electron chi connectivity index (χ4n) is 2.85. The first-order valence-electron chi connectivity index (χ1n) is 8.06. The van der Waals surface area contributed by atoms with Gasteiger partial charge in [0.25, 0.3) is 0 Å². The van der Waals surface area contributed by atoms with Gasteiger partial charge >= 0.3 is 5.76 Å². The minimum Gasteiger partial charge on any atom is -0.492 e. The molecule has 2 aromatic rings. The zero-order valence-electron chi connectivity index (χ0n) is 14.7. The van der Waals surface area contributed by atoms with Gasteiger partial charge in [0.1, 0.15) is 0 Å². The van der Waals surface area contributed by atoms with Gasteiger partial charge < -0.3 is 9.52 Å². The highest BCUT2D eigenvalue weighted by atomic mass is 16.4. The smallest absolute Gasteiger partial charge is 0.422 e. The second-order valence-corrected chi connectivity index (χ2v) is 5.85. The quantitative estimate of drug-likeness (QED) is 0.936. The molecule has 5 heteroatoms. The standard InChI is InChI=1S/C20H20N2O3/c1-5-7-14-15-11-13(9-10-17(15)21-16(14)8-6-2)12(3)18-19(23)22(4)20(24)25-18/h5-11,23H,1-4H3/b7-5-,8-6-,13-12?. The van der Waals surface area contributed by atoms with E-state index in [1.165, 1.54) is 7.05 Å². The third-order valence-electron chi connectivity index (χ3n) is 4.22. The van der Waals surface area contributed by atoms with Crippen LogP contribution < -0.4 is 16.3 Å². The molecule has 0 amide bonds. The summed E-state index contributed by atoms with van der Waals surface area (Å²) in [4.78, 5) is 16.3. The van der Waals surface area contributed by atoms with E-state index in [-0.39, 0.29) is 11.6 Å². The molecular formula is C20H20N2O3. The number of allylic oxidation sites excluding steroid dienone is 5. The average Bonchev–Trinajstić information content (AvgIpc) is 3.07. The Balaban J connectivity index is 2.26. The summed E-state index contributed by atoms with van der Waals surface area (Å²) in [7, 11) is 1.47. The SMILES string of the molecule is C/C=C\C1=C(/C=C\C)c2cc(=C(C)c3oc(=O)n(C)c3O)ccc2=N1. The summed E-state index contributed by atoms with van der Waals surface area (Å²) in [6.07, 6.45) is 7.95. The Kier molecular flexibility index (Phi) is 4.31. The number of oxazole rings is 1. The van der Waals surface area contributed by atoms with E-state index in [1.54, 1.807) is 0 Å². The number of aromatic nitrogens is 1. The van der Waals surface area contributed by atoms with E-state index in [4.69, 9.17) is 4.42 Å². The van der Waals surface area contributed by atoms with Crippen molar-refractivity contribution in [1.82, 2.24) is 4.57 Å². The molecule has 0 bridgehead atoms. The highest BCUT2D eigenvalue weighted by Gasteiger charge is 2.17. The van der Waals surface area contributed by atoms with E-state index in [0.29, 0.717) is 5.57 Å². The van der Waals surface area contributed by atoms with Crippen LogP contribution in [0.1, 0.15) is 32.1 Å². The second kappa shape index (κ2) is 6.43. The zero-order chi connectivity index (χ0) is 18.1. The summed E-state index contributed by atoms with van der Waals surface area (Å²) < 4.78 is 6.25. The minimum absolute atomic E-state index is 0.175. The molecule has 0 fully saturated rings. The molecular weight excluding hydrogens is 316 g/mol. The number of benzene rings is 1. The molecule has 2 heterocycles. The summed E-state index contributed by atoms with van der Waals surface area (Å²) in [6, 6.07) is 5.86. The van der Waals surface area contributed by atoms with Crippen molar-refractivity contribution in [1.29, 1.82) is 0 Å². The summed E-state index contributed by atoms with van der Waals surface area (Å²) in [5, 5.41) is 11.9. The summed E-state index contributed by atoms with van der Waals surface area (Å²) in [5.74, 6) is -0.577. The molecule has 1 aliphatic heterocycles. The fourth-order valence-corrected chi connectivity index (χ4v) is 2.85. The van der Waals surface area contributed by atoms with E-state index < -0.39 is 5.76 Å². The van der Waals surface area contributed by atoms with E-state index in [9.17, 15) is 9.90 Å². The van der Waals surface area contributed by atoms with Crippen molar-refractivity contribution in [2.75, 3.05) is 0 Å². The molecule has 0 radical (unpaired) electrons. The van der Waals surface area contributed by atoms with Gasteiger partial charge in [0.05, 0.1) is 11.1 Å². The molecule has 1 aromatic carbocycles. The molecule has 0 atom stereocenters. The average molecular weight is 336 g/mol. The lowest BCUT2D eigenvalue weighted by Gasteiger charge is -2.02. The number of aromatic hydroxyl groups is 1. The van der Waals surface area contributed by atoms with Gasteiger partial charge in [-0.15, -0.1) is 0 Å². The molecule has 0 aliphatic carbocycles. The van der Waals surface area contributed by atoms with Crippen molar-refractivity contribution in [3.05, 3.63) is 80.7 Å². The van der Waals surface area contributed by atoms with Crippen molar-refractivity contribution in [2.45, 2.75) is 20.8 Å². The van der Waals surface area contributed by atoms with Crippen molar-refractivity contribution >= 4 is 11.1 Å². The summed E-state index contributed by atoms with van der Waals surface area (Å²) in [5.41, 5.74) is 3.67. The lowest BCUT2D eigenvalue weighted by atomic mass is 10.0. The second-order valence-electron chi connectivity index (χ2n) is 5.85. The molecule has 5 nitrogen and oxygen atoms in total. The Morgan fingerprint density at radius 3 is 2.56 bits per heavy atom. The topological polar surface area (TPSA) is 67.7 Å². The van der Waals surface area contributed by atoms with E-state index >= 15 is 0 Å². The van der Waals surface area contributed by atoms with Crippen LogP contribution in [0.4, 0.5) is 0 Å². The van der Waals surface area contributed by atoms with Crippen molar-refractivity contribution < 1.29 is 9.52 Å². The van der Waals surface area contributed by atoms with Crippen LogP contribution in [0.3, 0.4) is 0 Å². The van der Waals surface area contributed by atoms with Gasteiger partial charge in [-0.05, 0) is 44.2 Å². The van der Waals surface area contributed by atoms with Gasteiger partial charge in [0.2, 0.25) is 5.88 Å². The number of nitrogens with zero attached hydrogens (tertiary/aromatic N) is 2. The minimum atomic E-state index is -0.590. The normalized spacial score (nSPS) is 15.2. The summed E-state index contributed by atoms with van der Waals surface area (Å²) in [6.45, 7) is 5.75. The lowest BCUT2D eigenvalue weighted by Crippen LogP contribution is -2.13. The molecule has 0 saturated carbocycles. The lowest BCUT2D eigenvalue weighted by molar-refractivity contribution is 0.427. The van der Waals surface area contributed by atoms with Crippen LogP contribution in [0.2, 0.25) is 0 Å². The molecule has 1 aromatic heterocycles. The highest BCUT2D eigenvalue weighted by Crippen LogP contribution is 2.24. The number of rotatable bonds is 3. The molecule has 25 heavy (non-hydrogen) atoms. The maximum absolute atomic E-state index is 11.6. The highest BCUT2D eigenvalue weighted by molar-refractivity contribution is 5.80. The van der Waals surface area contributed by atoms with Crippen LogP contribution in [-0.2, 0) is 7.05 Å². The van der Waals surface area contributed by atoms with Crippen molar-refractivity contribution in [3.8, 4) is 5.88 Å². The Morgan fingerprint density at radius 2 is 1.96 bits per heavy atom. The maximum atomic E-state index is 11.6. The monoisotopic (exact) mass is 336 g/mol. The van der Waals surface area contributed by atoms with Crippen LogP contribution in [0.5, 0.6) is 5.88 Å². The van der Waals surface area contributed by atoms with Crippen LogP contribution in [0.25, 0.3) is 11.1 Å². The van der Waals surface area contributed by atoms with Gasteiger partial charge in [-0.3, -0.25) is 0 Å². The fraction of sp³-hybridized carbons (Fsp3) is 0.200. The van der Waals surface area contributed by atoms with Crippen LogP contribution in [-0.4, -0.2) is 9.67 Å². The number of hydrogen-bond donors (Lipinski definition) is 1. The third kappa shape index (κ3) is 2.78. The van der Waals surface area contributed by atoms with E-state index in [1.807, 2.05) is 63.3 Å². The van der Waals surface area contributed by atoms with E-state index in [0.717, 1.165) is 32.0 Å². The van der Waals surface area contributed by atoms with Crippen LogP contribution in [0, 0.1) is 0 Å². The van der Waals surface area contributed by atoms with Gasteiger partial charge in [-0.2, -0.15) is 0 Å². The van der Waals surface area contributed by atoms with E-state index in [2.05, 4.69) is 4.99 Å². The Labute approximate surface area is 145 Å². The van der Waals surface area contributed by atoms with Gasteiger partial charge in [0.15, 0.2) is 5.76 Å². The first-order valence-corrected chi connectivity index (χ1v) is 8.06. The maximum Gasteiger partial charge on any atom is 0.422 e. The predicted octanol–water partition coefficient (Wildman–Crippen LogP) is 2.40. The Morgan fingerprint density at radius 1 is 1.24 bits per heavy atom. The van der Waals surface area contributed by atoms with Crippen molar-refractivity contribution in [3.63, 3.8) is 0 Å². The molecule has 0 saturated heterocycles. The zero-order valence-corrected chi connectivity index (χ0v) is 14.7. The molecule has 3 rings (SSSR count). The third-order valence-corrected chi connectivity index (χ3v) is 4.22. The molecule has 128 valence electrons. The largest absolute Gasteiger partial charge is 0.492 e. The number of hydrogen-bond acceptors (Lipinski definition) is 4. The first kappa shape index (κ1) is 16.8. The molecule has 1 N–H and O–H groups in total. The van der Waals surface area contributed by atoms with Gasteiger partial charge in [-0.25, -0.2) is 14.4 Å². The molecule has 1 aliphatic rings. The predicted molar refractivity (Wildman–Crippen MR) is 97.6 cm³/mol. The number of fused-ring (bicyclic) bond motifs is 1.